The number of aromatic nitrogens is 1. The van der Waals surface area contributed by atoms with Crippen molar-refractivity contribution in [3.05, 3.63) is 80.9 Å². The van der Waals surface area contributed by atoms with Crippen LogP contribution in [0.5, 0.6) is 0 Å². The first-order chi connectivity index (χ1) is 16.2. The number of morpholine rings is 1. The van der Waals surface area contributed by atoms with Gasteiger partial charge in [0.2, 0.25) is 0 Å². The third kappa shape index (κ3) is 5.18. The Balaban J connectivity index is 1.37. The molecule has 0 radical (unpaired) electrons. The highest BCUT2D eigenvalue weighted by Gasteiger charge is 2.16. The summed E-state index contributed by atoms with van der Waals surface area (Å²) < 4.78 is 21.0. The number of pyridine rings is 1. The minimum Gasteiger partial charge on any atom is -0.379 e. The van der Waals surface area contributed by atoms with Crippen LogP contribution in [0.25, 0.3) is 10.9 Å². The zero-order valence-corrected chi connectivity index (χ0v) is 19.1. The normalized spacial score (nSPS) is 16.4. The lowest BCUT2D eigenvalue weighted by Crippen LogP contribution is -2.37. The van der Waals surface area contributed by atoms with Crippen LogP contribution in [0.4, 0.5) is 4.39 Å². The van der Waals surface area contributed by atoms with E-state index >= 15 is 0 Å². The molecule has 2 aromatic carbocycles. The lowest BCUT2D eigenvalue weighted by molar-refractivity contribution is 0.0374. The molecule has 0 amide bonds. The Morgan fingerprint density at radius 2 is 1.85 bits per heavy atom. The number of fused-ring (bicyclic) bond motifs is 2. The molecule has 1 saturated heterocycles. The summed E-state index contributed by atoms with van der Waals surface area (Å²) >= 11 is 0. The van der Waals surface area contributed by atoms with Crippen LogP contribution in [0.15, 0.2) is 47.3 Å². The number of nitrogens with zero attached hydrogens (tertiary/aromatic N) is 2. The Morgan fingerprint density at radius 1 is 1.03 bits per heavy atom. The van der Waals surface area contributed by atoms with E-state index in [1.165, 1.54) is 23.3 Å². The van der Waals surface area contributed by atoms with Crippen molar-refractivity contribution in [2.45, 2.75) is 38.8 Å². The average Bonchev–Trinajstić information content (AvgIpc) is 3.28. The zero-order valence-electron chi connectivity index (χ0n) is 19.1. The predicted octanol–water partition coefficient (Wildman–Crippen LogP) is 3.49. The molecule has 1 aromatic heterocycles. The van der Waals surface area contributed by atoms with Gasteiger partial charge in [-0.25, -0.2) is 4.39 Å². The van der Waals surface area contributed by atoms with Crippen LogP contribution in [0.1, 0.15) is 35.1 Å². The van der Waals surface area contributed by atoms with Gasteiger partial charge in [0.1, 0.15) is 5.82 Å². The molecule has 0 saturated carbocycles. The summed E-state index contributed by atoms with van der Waals surface area (Å²) in [5.74, 6) is -0.274. The van der Waals surface area contributed by atoms with Crippen LogP contribution in [-0.4, -0.2) is 48.9 Å². The molecule has 1 aliphatic carbocycles. The van der Waals surface area contributed by atoms with Crippen LogP contribution >= 0.6 is 0 Å². The van der Waals surface area contributed by atoms with E-state index in [4.69, 9.17) is 4.74 Å². The fourth-order valence-corrected chi connectivity index (χ4v) is 5.09. The Kier molecular flexibility index (Phi) is 6.85. The van der Waals surface area contributed by atoms with E-state index in [0.29, 0.717) is 13.1 Å². The SMILES string of the molecule is O=c1c(CNCCCN2CCOCC2)cc2cc3c(cc2n1Cc1cccc(F)c1)CCC3. The first kappa shape index (κ1) is 22.3. The van der Waals surface area contributed by atoms with Gasteiger partial charge in [-0.1, -0.05) is 12.1 Å². The molecule has 3 aromatic rings. The van der Waals surface area contributed by atoms with Gasteiger partial charge in [0.25, 0.3) is 5.56 Å². The van der Waals surface area contributed by atoms with Crippen molar-refractivity contribution in [3.8, 4) is 0 Å². The maximum atomic E-state index is 13.8. The third-order valence-electron chi connectivity index (χ3n) is 6.86. The summed E-state index contributed by atoms with van der Waals surface area (Å²) in [5, 5.41) is 4.56. The van der Waals surface area contributed by atoms with Gasteiger partial charge in [-0.3, -0.25) is 9.69 Å². The first-order valence-corrected chi connectivity index (χ1v) is 12.1. The number of ether oxygens (including phenoxy) is 1. The number of aryl methyl sites for hydroxylation is 2. The Hall–Kier alpha value is -2.54. The summed E-state index contributed by atoms with van der Waals surface area (Å²) in [5.41, 5.74) is 5.25. The maximum absolute atomic E-state index is 13.8. The van der Waals surface area contributed by atoms with E-state index in [1.807, 2.05) is 16.7 Å². The molecule has 2 heterocycles. The minimum atomic E-state index is -0.274. The van der Waals surface area contributed by atoms with Crippen molar-refractivity contribution in [3.63, 3.8) is 0 Å². The quantitative estimate of drug-likeness (QED) is 0.535. The lowest BCUT2D eigenvalue weighted by atomic mass is 10.0. The van der Waals surface area contributed by atoms with Crippen LogP contribution in [0, 0.1) is 5.82 Å². The average molecular weight is 450 g/mol. The van der Waals surface area contributed by atoms with Crippen molar-refractivity contribution in [2.75, 3.05) is 39.4 Å². The second-order valence-corrected chi connectivity index (χ2v) is 9.21. The minimum absolute atomic E-state index is 0.00499. The summed E-state index contributed by atoms with van der Waals surface area (Å²) in [6.07, 6.45) is 4.37. The Morgan fingerprint density at radius 3 is 2.67 bits per heavy atom. The molecule has 5 nitrogen and oxygen atoms in total. The van der Waals surface area contributed by atoms with Crippen LogP contribution in [0.2, 0.25) is 0 Å². The van der Waals surface area contributed by atoms with Crippen molar-refractivity contribution in [1.82, 2.24) is 14.8 Å². The molecule has 6 heteroatoms. The van der Waals surface area contributed by atoms with E-state index in [9.17, 15) is 9.18 Å². The van der Waals surface area contributed by atoms with Gasteiger partial charge in [-0.05, 0) is 91.2 Å². The number of hydrogen-bond acceptors (Lipinski definition) is 4. The van der Waals surface area contributed by atoms with E-state index in [1.54, 1.807) is 6.07 Å². The molecular formula is C27H32FN3O2. The molecule has 174 valence electrons. The summed E-state index contributed by atoms with van der Waals surface area (Å²) in [6.45, 7) is 6.46. The van der Waals surface area contributed by atoms with Crippen molar-refractivity contribution in [2.24, 2.45) is 0 Å². The summed E-state index contributed by atoms with van der Waals surface area (Å²) in [4.78, 5) is 15.9. The van der Waals surface area contributed by atoms with Gasteiger partial charge >= 0.3 is 0 Å². The number of hydrogen-bond donors (Lipinski definition) is 1. The molecule has 0 unspecified atom stereocenters. The predicted molar refractivity (Wildman–Crippen MR) is 129 cm³/mol. The lowest BCUT2D eigenvalue weighted by Gasteiger charge is -2.26. The second kappa shape index (κ2) is 10.2. The monoisotopic (exact) mass is 449 g/mol. The number of nitrogens with one attached hydrogen (secondary N) is 1. The van der Waals surface area contributed by atoms with E-state index in [2.05, 4.69) is 22.3 Å². The van der Waals surface area contributed by atoms with Gasteiger partial charge in [0, 0.05) is 25.2 Å². The standard InChI is InChI=1S/C27H32FN3O2/c28-25-7-1-4-20(14-25)19-31-26-17-22-6-2-5-21(22)15-23(26)16-24(27(31)32)18-29-8-3-9-30-10-12-33-13-11-30/h1,4,7,14-17,29H,2-3,5-6,8-13,18-19H2. The maximum Gasteiger partial charge on any atom is 0.255 e. The highest BCUT2D eigenvalue weighted by Crippen LogP contribution is 2.27. The molecule has 1 fully saturated rings. The van der Waals surface area contributed by atoms with Crippen molar-refractivity contribution >= 4 is 10.9 Å². The molecule has 2 aliphatic rings. The van der Waals surface area contributed by atoms with Crippen LogP contribution in [-0.2, 0) is 30.7 Å². The van der Waals surface area contributed by atoms with E-state index in [0.717, 1.165) is 87.1 Å². The largest absolute Gasteiger partial charge is 0.379 e. The third-order valence-corrected chi connectivity index (χ3v) is 6.86. The number of rotatable bonds is 8. The van der Waals surface area contributed by atoms with E-state index in [-0.39, 0.29) is 11.4 Å². The summed E-state index contributed by atoms with van der Waals surface area (Å²) in [7, 11) is 0. The fraction of sp³-hybridized carbons (Fsp3) is 0.444. The van der Waals surface area contributed by atoms with Gasteiger partial charge in [-0.2, -0.15) is 0 Å². The molecule has 1 aliphatic heterocycles. The molecule has 0 atom stereocenters. The van der Waals surface area contributed by atoms with E-state index < -0.39 is 0 Å². The highest BCUT2D eigenvalue weighted by molar-refractivity contribution is 5.82. The number of benzene rings is 2. The van der Waals surface area contributed by atoms with Crippen molar-refractivity contribution in [1.29, 1.82) is 0 Å². The van der Waals surface area contributed by atoms with Gasteiger partial charge < -0.3 is 14.6 Å². The van der Waals surface area contributed by atoms with Crippen LogP contribution in [0.3, 0.4) is 0 Å². The number of halogens is 1. The van der Waals surface area contributed by atoms with Gasteiger partial charge in [0.05, 0.1) is 25.3 Å². The molecule has 0 spiro atoms. The fourth-order valence-electron chi connectivity index (χ4n) is 5.09. The van der Waals surface area contributed by atoms with Crippen molar-refractivity contribution < 1.29 is 9.13 Å². The topological polar surface area (TPSA) is 46.5 Å². The molecule has 5 rings (SSSR count). The zero-order chi connectivity index (χ0) is 22.6. The molecule has 0 bridgehead atoms. The van der Waals surface area contributed by atoms with Gasteiger partial charge in [0.15, 0.2) is 0 Å². The molecular weight excluding hydrogens is 417 g/mol. The summed E-state index contributed by atoms with van der Waals surface area (Å²) in [6, 6.07) is 13.0. The Bertz CT molecular complexity index is 1180. The molecule has 1 N–H and O–H groups in total. The van der Waals surface area contributed by atoms with Gasteiger partial charge in [-0.15, -0.1) is 0 Å². The second-order valence-electron chi connectivity index (χ2n) is 9.21. The first-order valence-electron chi connectivity index (χ1n) is 12.1. The smallest absolute Gasteiger partial charge is 0.255 e. The van der Waals surface area contributed by atoms with Crippen LogP contribution < -0.4 is 10.9 Å². The molecule has 33 heavy (non-hydrogen) atoms. The highest BCUT2D eigenvalue weighted by atomic mass is 19.1. The Labute approximate surface area is 194 Å².